The molecule has 86 valence electrons. The molecule has 17 heavy (non-hydrogen) atoms. The number of hydrogen-bond donors (Lipinski definition) is 1. The van der Waals surface area contributed by atoms with Crippen molar-refractivity contribution in [2.24, 2.45) is 0 Å². The van der Waals surface area contributed by atoms with Gasteiger partial charge in [0.15, 0.2) is 0 Å². The van der Waals surface area contributed by atoms with E-state index in [1.807, 2.05) is 6.20 Å². The molecule has 1 N–H and O–H groups in total. The second kappa shape index (κ2) is 3.44. The molecule has 1 aliphatic carbocycles. The highest BCUT2D eigenvalue weighted by Gasteiger charge is 2.20. The maximum atomic E-state index is 4.54. The summed E-state index contributed by atoms with van der Waals surface area (Å²) in [5, 5.41) is 4.70. The molecule has 2 aromatic rings. The van der Waals surface area contributed by atoms with Crippen LogP contribution in [0.5, 0.6) is 0 Å². The number of aromatic nitrogens is 2. The van der Waals surface area contributed by atoms with Crippen molar-refractivity contribution in [2.75, 3.05) is 13.1 Å². The molecule has 0 amide bonds. The fraction of sp³-hybridized carbons (Fsp3) is 0.357. The Morgan fingerprint density at radius 2 is 2.41 bits per heavy atom. The van der Waals surface area contributed by atoms with Crippen LogP contribution in [0, 0.1) is 0 Å². The molecule has 0 saturated carbocycles. The summed E-state index contributed by atoms with van der Waals surface area (Å²) in [5.41, 5.74) is 3.93. The first-order valence-corrected chi connectivity index (χ1v) is 6.29. The van der Waals surface area contributed by atoms with Crippen molar-refractivity contribution in [2.45, 2.75) is 18.9 Å². The van der Waals surface area contributed by atoms with E-state index in [1.165, 1.54) is 28.6 Å². The molecule has 3 heteroatoms. The summed E-state index contributed by atoms with van der Waals surface area (Å²) in [6, 6.07) is 2.79. The summed E-state index contributed by atoms with van der Waals surface area (Å²) < 4.78 is 2.44. The third kappa shape index (κ3) is 1.29. The van der Waals surface area contributed by atoms with Gasteiger partial charge < -0.3 is 9.88 Å². The average molecular weight is 225 g/mol. The maximum absolute atomic E-state index is 4.54. The minimum absolute atomic E-state index is 0.605. The zero-order valence-corrected chi connectivity index (χ0v) is 9.69. The van der Waals surface area contributed by atoms with Gasteiger partial charge in [0, 0.05) is 42.4 Å². The van der Waals surface area contributed by atoms with Crippen molar-refractivity contribution in [3.05, 3.63) is 35.8 Å². The summed E-state index contributed by atoms with van der Waals surface area (Å²) in [7, 11) is 0. The van der Waals surface area contributed by atoms with Crippen LogP contribution in [-0.4, -0.2) is 22.6 Å². The lowest BCUT2D eigenvalue weighted by Crippen LogP contribution is -2.13. The van der Waals surface area contributed by atoms with E-state index in [1.54, 1.807) is 0 Å². The predicted octanol–water partition coefficient (Wildman–Crippen LogP) is 2.14. The molecule has 1 fully saturated rings. The highest BCUT2D eigenvalue weighted by molar-refractivity contribution is 5.90. The van der Waals surface area contributed by atoms with Crippen LogP contribution in [0.15, 0.2) is 24.5 Å². The van der Waals surface area contributed by atoms with Gasteiger partial charge in [-0.3, -0.25) is 4.98 Å². The number of rotatable bonds is 1. The molecule has 2 aromatic heterocycles. The zero-order valence-electron chi connectivity index (χ0n) is 9.69. The molecule has 0 bridgehead atoms. The summed E-state index contributed by atoms with van der Waals surface area (Å²) in [4.78, 5) is 4.54. The van der Waals surface area contributed by atoms with Crippen molar-refractivity contribution in [1.82, 2.24) is 14.9 Å². The largest absolute Gasteiger partial charge is 0.343 e. The van der Waals surface area contributed by atoms with E-state index in [0.29, 0.717) is 6.04 Å². The average Bonchev–Trinajstić information content (AvgIpc) is 3.08. The Morgan fingerprint density at radius 1 is 1.41 bits per heavy atom. The predicted molar refractivity (Wildman–Crippen MR) is 69.0 cm³/mol. The molecule has 1 unspecified atom stereocenters. The molecule has 1 saturated heterocycles. The van der Waals surface area contributed by atoms with Crippen LogP contribution in [-0.2, 0) is 6.42 Å². The third-order valence-electron chi connectivity index (χ3n) is 3.90. The van der Waals surface area contributed by atoms with E-state index in [9.17, 15) is 0 Å². The van der Waals surface area contributed by atoms with Crippen molar-refractivity contribution in [1.29, 1.82) is 0 Å². The van der Waals surface area contributed by atoms with Gasteiger partial charge in [-0.1, -0.05) is 12.2 Å². The van der Waals surface area contributed by atoms with Crippen LogP contribution in [0.4, 0.5) is 0 Å². The molecule has 0 radical (unpaired) electrons. The van der Waals surface area contributed by atoms with Crippen LogP contribution >= 0.6 is 0 Å². The Labute approximate surface area is 100 Å². The van der Waals surface area contributed by atoms with E-state index < -0.39 is 0 Å². The summed E-state index contributed by atoms with van der Waals surface area (Å²) in [5.74, 6) is 0. The van der Waals surface area contributed by atoms with Crippen LogP contribution in [0.1, 0.15) is 23.7 Å². The Balaban J connectivity index is 1.98. The number of nitrogens with zero attached hydrogens (tertiary/aromatic N) is 2. The highest BCUT2D eigenvalue weighted by Crippen LogP contribution is 2.30. The van der Waals surface area contributed by atoms with Crippen molar-refractivity contribution in [3.63, 3.8) is 0 Å². The molecule has 0 aromatic carbocycles. The number of allylic oxidation sites excluding steroid dienone is 1. The van der Waals surface area contributed by atoms with Gasteiger partial charge in [0.25, 0.3) is 0 Å². The van der Waals surface area contributed by atoms with Gasteiger partial charge in [-0.25, -0.2) is 0 Å². The van der Waals surface area contributed by atoms with Gasteiger partial charge >= 0.3 is 0 Å². The van der Waals surface area contributed by atoms with Gasteiger partial charge in [0.2, 0.25) is 0 Å². The van der Waals surface area contributed by atoms with E-state index in [4.69, 9.17) is 0 Å². The smallest absolute Gasteiger partial charge is 0.0590 e. The SMILES string of the molecule is C1=Cc2c(ncc3ccn(C4CCNC4)c23)C1. The van der Waals surface area contributed by atoms with E-state index in [0.717, 1.165) is 19.5 Å². The number of hydrogen-bond acceptors (Lipinski definition) is 2. The van der Waals surface area contributed by atoms with Gasteiger partial charge in [-0.2, -0.15) is 0 Å². The van der Waals surface area contributed by atoms with Crippen LogP contribution < -0.4 is 5.32 Å². The van der Waals surface area contributed by atoms with Crippen LogP contribution in [0.2, 0.25) is 0 Å². The Hall–Kier alpha value is -1.61. The van der Waals surface area contributed by atoms with Crippen LogP contribution in [0.3, 0.4) is 0 Å². The zero-order chi connectivity index (χ0) is 11.2. The van der Waals surface area contributed by atoms with Gasteiger partial charge in [-0.15, -0.1) is 0 Å². The lowest BCUT2D eigenvalue weighted by atomic mass is 10.1. The quantitative estimate of drug-likeness (QED) is 0.806. The molecule has 1 aliphatic heterocycles. The van der Waals surface area contributed by atoms with E-state index >= 15 is 0 Å². The Morgan fingerprint density at radius 3 is 3.29 bits per heavy atom. The minimum atomic E-state index is 0.605. The molecular weight excluding hydrogens is 210 g/mol. The maximum Gasteiger partial charge on any atom is 0.0590 e. The fourth-order valence-electron chi connectivity index (χ4n) is 3.02. The lowest BCUT2D eigenvalue weighted by molar-refractivity contribution is 0.565. The molecule has 3 heterocycles. The van der Waals surface area contributed by atoms with Crippen molar-refractivity contribution >= 4 is 17.0 Å². The number of nitrogens with one attached hydrogen (secondary N) is 1. The molecule has 2 aliphatic rings. The normalized spacial score (nSPS) is 22.5. The summed E-state index contributed by atoms with van der Waals surface area (Å²) in [6.07, 6.45) is 10.9. The van der Waals surface area contributed by atoms with Gasteiger partial charge in [0.05, 0.1) is 11.2 Å². The molecule has 1 atom stereocenters. The molecular formula is C14H15N3. The van der Waals surface area contributed by atoms with Gasteiger partial charge in [-0.05, 0) is 19.0 Å². The minimum Gasteiger partial charge on any atom is -0.343 e. The fourth-order valence-corrected chi connectivity index (χ4v) is 3.02. The second-order valence-electron chi connectivity index (χ2n) is 4.90. The molecule has 4 rings (SSSR count). The Kier molecular flexibility index (Phi) is 1.91. The lowest BCUT2D eigenvalue weighted by Gasteiger charge is -2.14. The second-order valence-corrected chi connectivity index (χ2v) is 4.90. The first-order chi connectivity index (χ1) is 8.43. The van der Waals surface area contributed by atoms with Crippen LogP contribution in [0.25, 0.3) is 17.0 Å². The number of pyridine rings is 1. The number of fused-ring (bicyclic) bond motifs is 3. The molecule has 3 nitrogen and oxygen atoms in total. The van der Waals surface area contributed by atoms with E-state index in [-0.39, 0.29) is 0 Å². The molecule has 0 spiro atoms. The highest BCUT2D eigenvalue weighted by atomic mass is 15.1. The van der Waals surface area contributed by atoms with Gasteiger partial charge in [0.1, 0.15) is 0 Å². The monoisotopic (exact) mass is 225 g/mol. The summed E-state index contributed by atoms with van der Waals surface area (Å²) in [6.45, 7) is 2.22. The standard InChI is InChI=1S/C14H15N3/c1-2-12-13(3-1)16-8-10-5-7-17(14(10)12)11-4-6-15-9-11/h1-2,5,7-8,11,15H,3-4,6,9H2. The first-order valence-electron chi connectivity index (χ1n) is 6.29. The van der Waals surface area contributed by atoms with Crippen molar-refractivity contribution in [3.8, 4) is 0 Å². The summed E-state index contributed by atoms with van der Waals surface area (Å²) >= 11 is 0. The van der Waals surface area contributed by atoms with E-state index in [2.05, 4.69) is 39.3 Å². The first kappa shape index (κ1) is 9.42. The topological polar surface area (TPSA) is 29.9 Å². The third-order valence-corrected chi connectivity index (χ3v) is 3.90. The van der Waals surface area contributed by atoms with Crippen molar-refractivity contribution < 1.29 is 0 Å². The Bertz CT molecular complexity index is 603.